The van der Waals surface area contributed by atoms with Gasteiger partial charge in [0.1, 0.15) is 0 Å². The number of thiophene rings is 1. The number of carbonyl (C=O) groups is 1. The van der Waals surface area contributed by atoms with E-state index in [-0.39, 0.29) is 12.6 Å². The summed E-state index contributed by atoms with van der Waals surface area (Å²) in [5.74, 6) is -0.273. The first kappa shape index (κ1) is 11.2. The van der Waals surface area contributed by atoms with Crippen molar-refractivity contribution in [3.63, 3.8) is 0 Å². The minimum Gasteiger partial charge on any atom is -0.465 e. The number of aliphatic hydroxyl groups excluding tert-OH is 1. The lowest BCUT2D eigenvalue weighted by Gasteiger charge is -2.01. The second-order valence-corrected chi connectivity index (χ2v) is 3.73. The van der Waals surface area contributed by atoms with Crippen molar-refractivity contribution in [3.8, 4) is 0 Å². The van der Waals surface area contributed by atoms with Gasteiger partial charge in [0.2, 0.25) is 0 Å². The van der Waals surface area contributed by atoms with Crippen molar-refractivity contribution in [1.29, 1.82) is 0 Å². The van der Waals surface area contributed by atoms with E-state index in [1.807, 2.05) is 5.38 Å². The van der Waals surface area contributed by atoms with Gasteiger partial charge < -0.3 is 9.84 Å². The van der Waals surface area contributed by atoms with Crippen molar-refractivity contribution < 1.29 is 14.6 Å². The Morgan fingerprint density at radius 3 is 2.93 bits per heavy atom. The van der Waals surface area contributed by atoms with E-state index in [4.69, 9.17) is 5.11 Å². The summed E-state index contributed by atoms with van der Waals surface area (Å²) >= 11 is 1.50. The summed E-state index contributed by atoms with van der Waals surface area (Å²) in [6.45, 7) is 0.206. The molecule has 0 spiro atoms. The van der Waals surface area contributed by atoms with E-state index < -0.39 is 0 Å². The zero-order valence-electron chi connectivity index (χ0n) is 8.16. The monoisotopic (exact) mass is 214 g/mol. The van der Waals surface area contributed by atoms with Crippen molar-refractivity contribution in [2.75, 3.05) is 13.7 Å². The van der Waals surface area contributed by atoms with Gasteiger partial charge in [-0.15, -0.1) is 0 Å². The zero-order valence-corrected chi connectivity index (χ0v) is 8.97. The Hall–Kier alpha value is -0.870. The topological polar surface area (TPSA) is 46.5 Å². The fourth-order valence-corrected chi connectivity index (χ4v) is 2.09. The molecule has 14 heavy (non-hydrogen) atoms. The van der Waals surface area contributed by atoms with Crippen LogP contribution in [0.25, 0.3) is 0 Å². The molecule has 0 amide bonds. The average molecular weight is 214 g/mol. The van der Waals surface area contributed by atoms with Crippen LogP contribution in [0.3, 0.4) is 0 Å². The van der Waals surface area contributed by atoms with Crippen molar-refractivity contribution in [3.05, 3.63) is 21.9 Å². The van der Waals surface area contributed by atoms with Crippen LogP contribution in [0.1, 0.15) is 28.8 Å². The van der Waals surface area contributed by atoms with Crippen LogP contribution < -0.4 is 0 Å². The van der Waals surface area contributed by atoms with Gasteiger partial charge in [-0.1, -0.05) is 0 Å². The molecule has 1 heterocycles. The van der Waals surface area contributed by atoms with Gasteiger partial charge in [0.15, 0.2) is 0 Å². The third-order valence-electron chi connectivity index (χ3n) is 2.00. The number of carbonyl (C=O) groups excluding carboxylic acids is 1. The number of hydrogen-bond acceptors (Lipinski definition) is 4. The smallest absolute Gasteiger partial charge is 0.338 e. The second-order valence-electron chi connectivity index (χ2n) is 2.98. The lowest BCUT2D eigenvalue weighted by atomic mass is 10.1. The Bertz CT molecular complexity index is 293. The molecule has 4 heteroatoms. The SMILES string of the molecule is COC(=O)c1cscc1CCCCO. The number of rotatable bonds is 5. The predicted molar refractivity (Wildman–Crippen MR) is 55.7 cm³/mol. The van der Waals surface area contributed by atoms with E-state index in [1.165, 1.54) is 18.4 Å². The third-order valence-corrected chi connectivity index (χ3v) is 2.79. The Balaban J connectivity index is 2.58. The number of methoxy groups -OCH3 is 1. The largest absolute Gasteiger partial charge is 0.465 e. The summed E-state index contributed by atoms with van der Waals surface area (Å²) in [5.41, 5.74) is 1.69. The van der Waals surface area contributed by atoms with Gasteiger partial charge >= 0.3 is 5.97 Å². The van der Waals surface area contributed by atoms with Crippen LogP contribution >= 0.6 is 11.3 Å². The highest BCUT2D eigenvalue weighted by Crippen LogP contribution is 2.18. The lowest BCUT2D eigenvalue weighted by molar-refractivity contribution is 0.0600. The molecule has 0 aliphatic rings. The second kappa shape index (κ2) is 5.78. The molecule has 0 aliphatic carbocycles. The van der Waals surface area contributed by atoms with Crippen LogP contribution in [-0.4, -0.2) is 24.8 Å². The summed E-state index contributed by atoms with van der Waals surface area (Å²) in [6.07, 6.45) is 2.50. The van der Waals surface area contributed by atoms with Crippen molar-refractivity contribution in [2.24, 2.45) is 0 Å². The van der Waals surface area contributed by atoms with Gasteiger partial charge in [-0.05, 0) is 30.2 Å². The van der Waals surface area contributed by atoms with E-state index in [2.05, 4.69) is 4.74 Å². The summed E-state index contributed by atoms with van der Waals surface area (Å²) in [4.78, 5) is 11.3. The molecule has 78 valence electrons. The number of aryl methyl sites for hydroxylation is 1. The van der Waals surface area contributed by atoms with Crippen LogP contribution in [0, 0.1) is 0 Å². The molecule has 0 aliphatic heterocycles. The number of aliphatic hydroxyl groups is 1. The highest BCUT2D eigenvalue weighted by Gasteiger charge is 2.11. The van der Waals surface area contributed by atoms with Gasteiger partial charge in [0, 0.05) is 12.0 Å². The maximum atomic E-state index is 11.3. The molecular weight excluding hydrogens is 200 g/mol. The van der Waals surface area contributed by atoms with Crippen LogP contribution in [0.4, 0.5) is 0 Å². The lowest BCUT2D eigenvalue weighted by Crippen LogP contribution is -2.03. The van der Waals surface area contributed by atoms with Gasteiger partial charge in [0.25, 0.3) is 0 Å². The van der Waals surface area contributed by atoms with E-state index in [1.54, 1.807) is 5.38 Å². The van der Waals surface area contributed by atoms with Crippen LogP contribution in [0.15, 0.2) is 10.8 Å². The molecule has 0 bridgehead atoms. The van der Waals surface area contributed by atoms with E-state index in [9.17, 15) is 4.79 Å². The van der Waals surface area contributed by atoms with Gasteiger partial charge in [-0.25, -0.2) is 4.79 Å². The first-order valence-corrected chi connectivity index (χ1v) is 5.48. The number of esters is 1. The molecule has 0 aromatic carbocycles. The van der Waals surface area contributed by atoms with Gasteiger partial charge in [-0.3, -0.25) is 0 Å². The summed E-state index contributed by atoms with van der Waals surface area (Å²) in [7, 11) is 1.39. The highest BCUT2D eigenvalue weighted by molar-refractivity contribution is 7.08. The molecule has 0 atom stereocenters. The maximum Gasteiger partial charge on any atom is 0.338 e. The molecule has 0 radical (unpaired) electrons. The minimum atomic E-state index is -0.273. The molecule has 1 aromatic heterocycles. The molecule has 1 N–H and O–H groups in total. The van der Waals surface area contributed by atoms with Crippen LogP contribution in [-0.2, 0) is 11.2 Å². The third kappa shape index (κ3) is 2.82. The zero-order chi connectivity index (χ0) is 10.4. The first-order chi connectivity index (χ1) is 6.79. The van der Waals surface area contributed by atoms with Gasteiger partial charge in [-0.2, -0.15) is 11.3 Å². The van der Waals surface area contributed by atoms with E-state index in [0.717, 1.165) is 24.8 Å². The molecular formula is C10H14O3S. The Morgan fingerprint density at radius 2 is 2.29 bits per heavy atom. The average Bonchev–Trinajstić information content (AvgIpc) is 2.65. The maximum absolute atomic E-state index is 11.3. The molecule has 1 aromatic rings. The molecule has 3 nitrogen and oxygen atoms in total. The van der Waals surface area contributed by atoms with E-state index in [0.29, 0.717) is 5.56 Å². The quantitative estimate of drug-likeness (QED) is 0.601. The summed E-state index contributed by atoms with van der Waals surface area (Å²) < 4.78 is 4.66. The van der Waals surface area contributed by atoms with Gasteiger partial charge in [0.05, 0.1) is 12.7 Å². The number of hydrogen-bond donors (Lipinski definition) is 1. The van der Waals surface area contributed by atoms with Crippen LogP contribution in [0.5, 0.6) is 0 Å². The minimum absolute atomic E-state index is 0.206. The normalized spacial score (nSPS) is 10.1. The van der Waals surface area contributed by atoms with Crippen LogP contribution in [0.2, 0.25) is 0 Å². The molecule has 1 rings (SSSR count). The summed E-state index contributed by atoms with van der Waals surface area (Å²) in [6, 6.07) is 0. The standard InChI is InChI=1S/C10H14O3S/c1-13-10(12)9-7-14-6-8(9)4-2-3-5-11/h6-7,11H,2-5H2,1H3. The molecule has 0 saturated carbocycles. The van der Waals surface area contributed by atoms with E-state index >= 15 is 0 Å². The Morgan fingerprint density at radius 1 is 1.50 bits per heavy atom. The fourth-order valence-electron chi connectivity index (χ4n) is 1.23. The molecule has 0 fully saturated rings. The number of ether oxygens (including phenoxy) is 1. The molecule has 0 unspecified atom stereocenters. The number of unbranched alkanes of at least 4 members (excludes halogenated alkanes) is 1. The fraction of sp³-hybridized carbons (Fsp3) is 0.500. The Labute approximate surface area is 87.3 Å². The highest BCUT2D eigenvalue weighted by atomic mass is 32.1. The Kier molecular flexibility index (Phi) is 4.62. The first-order valence-electron chi connectivity index (χ1n) is 4.54. The molecule has 0 saturated heterocycles. The van der Waals surface area contributed by atoms with Crippen molar-refractivity contribution in [1.82, 2.24) is 0 Å². The van der Waals surface area contributed by atoms with Crippen molar-refractivity contribution in [2.45, 2.75) is 19.3 Å². The summed E-state index contributed by atoms with van der Waals surface area (Å²) in [5, 5.41) is 12.4. The predicted octanol–water partition coefficient (Wildman–Crippen LogP) is 1.85. The van der Waals surface area contributed by atoms with Crippen molar-refractivity contribution >= 4 is 17.3 Å².